The SMILES string of the molecule is CCCCSc1c(CCOC2CCCCO2)nnn1Cc1ccccc1. The predicted molar refractivity (Wildman–Crippen MR) is 104 cm³/mol. The first kappa shape index (κ1) is 19.4. The molecule has 1 atom stereocenters. The second kappa shape index (κ2) is 10.7. The fourth-order valence-corrected chi connectivity index (χ4v) is 4.14. The van der Waals surface area contributed by atoms with Crippen LogP contribution >= 0.6 is 11.8 Å². The Labute approximate surface area is 160 Å². The van der Waals surface area contributed by atoms with Gasteiger partial charge in [0.2, 0.25) is 0 Å². The molecule has 3 rings (SSSR count). The Morgan fingerprint density at radius 2 is 2.15 bits per heavy atom. The number of thioether (sulfide) groups is 1. The second-order valence-corrected chi connectivity index (χ2v) is 7.69. The predicted octanol–water partition coefficient (Wildman–Crippen LogP) is 4.30. The summed E-state index contributed by atoms with van der Waals surface area (Å²) in [6.07, 6.45) is 6.47. The quantitative estimate of drug-likeness (QED) is 0.458. The van der Waals surface area contributed by atoms with Gasteiger partial charge in [-0.2, -0.15) is 0 Å². The standard InChI is InChI=1S/C20H29N3O2S/c1-2-3-15-26-20-18(12-14-25-19-11-7-8-13-24-19)21-22-23(20)16-17-9-5-4-6-10-17/h4-6,9-10,19H,2-3,7-8,11-16H2,1H3. The third kappa shape index (κ3) is 5.83. The van der Waals surface area contributed by atoms with Crippen LogP contribution in [0.5, 0.6) is 0 Å². The molecule has 0 spiro atoms. The lowest BCUT2D eigenvalue weighted by atomic mass is 10.2. The Morgan fingerprint density at radius 3 is 2.92 bits per heavy atom. The molecule has 142 valence electrons. The van der Waals surface area contributed by atoms with Gasteiger partial charge in [-0.15, -0.1) is 16.9 Å². The molecule has 0 amide bonds. The largest absolute Gasteiger partial charge is 0.353 e. The second-order valence-electron chi connectivity index (χ2n) is 6.60. The molecule has 0 N–H and O–H groups in total. The topological polar surface area (TPSA) is 49.2 Å². The summed E-state index contributed by atoms with van der Waals surface area (Å²) in [5.74, 6) is 1.10. The van der Waals surface area contributed by atoms with E-state index in [0.29, 0.717) is 6.61 Å². The van der Waals surface area contributed by atoms with E-state index in [1.807, 2.05) is 22.5 Å². The van der Waals surface area contributed by atoms with E-state index in [4.69, 9.17) is 9.47 Å². The van der Waals surface area contributed by atoms with Gasteiger partial charge >= 0.3 is 0 Å². The number of hydrogen-bond donors (Lipinski definition) is 0. The first-order valence-corrected chi connectivity index (χ1v) is 10.7. The van der Waals surface area contributed by atoms with Gasteiger partial charge in [0.25, 0.3) is 0 Å². The Morgan fingerprint density at radius 1 is 1.27 bits per heavy atom. The van der Waals surface area contributed by atoms with Gasteiger partial charge in [-0.25, -0.2) is 4.68 Å². The van der Waals surface area contributed by atoms with Crippen molar-refractivity contribution in [2.24, 2.45) is 0 Å². The molecule has 1 saturated heterocycles. The van der Waals surface area contributed by atoms with Gasteiger partial charge in [-0.05, 0) is 37.0 Å². The third-order valence-corrected chi connectivity index (χ3v) is 5.66. The van der Waals surface area contributed by atoms with Crippen molar-refractivity contribution >= 4 is 11.8 Å². The monoisotopic (exact) mass is 375 g/mol. The van der Waals surface area contributed by atoms with E-state index in [9.17, 15) is 0 Å². The van der Waals surface area contributed by atoms with Crippen LogP contribution in [0.1, 0.15) is 50.3 Å². The van der Waals surface area contributed by atoms with E-state index in [1.54, 1.807) is 0 Å². The molecule has 1 fully saturated rings. The zero-order valence-corrected chi connectivity index (χ0v) is 16.4. The van der Waals surface area contributed by atoms with Crippen LogP contribution in [-0.2, 0) is 22.4 Å². The number of hydrogen-bond acceptors (Lipinski definition) is 5. The highest BCUT2D eigenvalue weighted by Gasteiger charge is 2.17. The average Bonchev–Trinajstić information content (AvgIpc) is 3.05. The van der Waals surface area contributed by atoms with Crippen LogP contribution in [0.2, 0.25) is 0 Å². The minimum absolute atomic E-state index is 0.0423. The summed E-state index contributed by atoms with van der Waals surface area (Å²) >= 11 is 1.86. The third-order valence-electron chi connectivity index (χ3n) is 4.45. The lowest BCUT2D eigenvalue weighted by molar-refractivity contribution is -0.161. The van der Waals surface area contributed by atoms with Gasteiger partial charge in [0, 0.05) is 13.0 Å². The number of rotatable bonds is 10. The fraction of sp³-hybridized carbons (Fsp3) is 0.600. The zero-order valence-electron chi connectivity index (χ0n) is 15.6. The smallest absolute Gasteiger partial charge is 0.157 e. The van der Waals surface area contributed by atoms with Crippen LogP contribution in [0.3, 0.4) is 0 Å². The Bertz CT molecular complexity index is 642. The molecule has 1 aromatic carbocycles. The lowest BCUT2D eigenvalue weighted by Gasteiger charge is -2.22. The van der Waals surface area contributed by atoms with Gasteiger partial charge < -0.3 is 9.47 Å². The molecule has 0 saturated carbocycles. The number of unbranched alkanes of at least 4 members (excludes halogenated alkanes) is 1. The molecular formula is C20H29N3O2S. The van der Waals surface area contributed by atoms with E-state index in [-0.39, 0.29) is 6.29 Å². The van der Waals surface area contributed by atoms with Crippen LogP contribution in [0.4, 0.5) is 0 Å². The van der Waals surface area contributed by atoms with E-state index in [0.717, 1.165) is 43.9 Å². The summed E-state index contributed by atoms with van der Waals surface area (Å²) < 4.78 is 13.6. The van der Waals surface area contributed by atoms with Crippen LogP contribution < -0.4 is 0 Å². The van der Waals surface area contributed by atoms with Gasteiger partial charge in [0.15, 0.2) is 6.29 Å². The van der Waals surface area contributed by atoms with Crippen molar-refractivity contribution in [3.05, 3.63) is 41.6 Å². The minimum atomic E-state index is -0.0423. The molecule has 2 aromatic rings. The normalized spacial score (nSPS) is 17.5. The van der Waals surface area contributed by atoms with Crippen LogP contribution in [0, 0.1) is 0 Å². The molecule has 5 nitrogen and oxygen atoms in total. The zero-order chi connectivity index (χ0) is 18.0. The summed E-state index contributed by atoms with van der Waals surface area (Å²) in [7, 11) is 0. The van der Waals surface area contributed by atoms with Crippen molar-refractivity contribution < 1.29 is 9.47 Å². The first-order chi connectivity index (χ1) is 12.9. The van der Waals surface area contributed by atoms with Crippen molar-refractivity contribution in [2.45, 2.75) is 63.3 Å². The molecule has 6 heteroatoms. The van der Waals surface area contributed by atoms with E-state index < -0.39 is 0 Å². The van der Waals surface area contributed by atoms with Crippen molar-refractivity contribution in [1.82, 2.24) is 15.0 Å². The van der Waals surface area contributed by atoms with Gasteiger partial charge in [-0.3, -0.25) is 0 Å². The fourth-order valence-electron chi connectivity index (χ4n) is 2.96. The average molecular weight is 376 g/mol. The Hall–Kier alpha value is -1.37. The Balaban J connectivity index is 1.61. The summed E-state index contributed by atoms with van der Waals surface area (Å²) in [6, 6.07) is 10.4. The molecule has 0 radical (unpaired) electrons. The molecule has 2 heterocycles. The number of aromatic nitrogens is 3. The molecule has 0 aliphatic carbocycles. The molecule has 26 heavy (non-hydrogen) atoms. The highest BCUT2D eigenvalue weighted by Crippen LogP contribution is 2.24. The minimum Gasteiger partial charge on any atom is -0.353 e. The number of nitrogens with zero attached hydrogens (tertiary/aromatic N) is 3. The maximum absolute atomic E-state index is 5.89. The molecule has 1 unspecified atom stereocenters. The van der Waals surface area contributed by atoms with Crippen molar-refractivity contribution in [3.8, 4) is 0 Å². The van der Waals surface area contributed by atoms with Gasteiger partial charge in [0.05, 0.1) is 18.8 Å². The molecule has 1 aliphatic heterocycles. The van der Waals surface area contributed by atoms with Crippen molar-refractivity contribution in [3.63, 3.8) is 0 Å². The summed E-state index contributed by atoms with van der Waals surface area (Å²) in [6.45, 7) is 4.43. The Kier molecular flexibility index (Phi) is 7.98. The van der Waals surface area contributed by atoms with Crippen LogP contribution in [0.15, 0.2) is 35.4 Å². The lowest BCUT2D eigenvalue weighted by Crippen LogP contribution is -2.23. The highest BCUT2D eigenvalue weighted by atomic mass is 32.2. The molecule has 1 aliphatic rings. The maximum Gasteiger partial charge on any atom is 0.157 e. The summed E-state index contributed by atoms with van der Waals surface area (Å²) in [5, 5.41) is 10.0. The van der Waals surface area contributed by atoms with E-state index >= 15 is 0 Å². The van der Waals surface area contributed by atoms with E-state index in [1.165, 1.54) is 29.9 Å². The molecule has 0 bridgehead atoms. The molecular weight excluding hydrogens is 346 g/mol. The highest BCUT2D eigenvalue weighted by molar-refractivity contribution is 7.99. The maximum atomic E-state index is 5.89. The number of ether oxygens (including phenoxy) is 2. The van der Waals surface area contributed by atoms with Gasteiger partial charge in [0.1, 0.15) is 5.03 Å². The summed E-state index contributed by atoms with van der Waals surface area (Å²) in [5.41, 5.74) is 2.28. The number of benzene rings is 1. The van der Waals surface area contributed by atoms with Gasteiger partial charge in [-0.1, -0.05) is 48.9 Å². The van der Waals surface area contributed by atoms with Crippen molar-refractivity contribution in [2.75, 3.05) is 19.0 Å². The van der Waals surface area contributed by atoms with Crippen LogP contribution in [0.25, 0.3) is 0 Å². The summed E-state index contributed by atoms with van der Waals surface area (Å²) in [4.78, 5) is 0. The first-order valence-electron chi connectivity index (χ1n) is 9.69. The van der Waals surface area contributed by atoms with E-state index in [2.05, 4.69) is 41.5 Å². The van der Waals surface area contributed by atoms with Crippen LogP contribution in [-0.4, -0.2) is 40.3 Å². The van der Waals surface area contributed by atoms with Crippen molar-refractivity contribution in [1.29, 1.82) is 0 Å². The molecule has 1 aromatic heterocycles.